The predicted octanol–water partition coefficient (Wildman–Crippen LogP) is 5.42. The first-order chi connectivity index (χ1) is 15.7. The Morgan fingerprint density at radius 2 is 1.81 bits per heavy atom. The SMILES string of the molecule is CCOC(=O)CCCOc1ccc(C2c3ccc(O)cc3OCC2c2ccccc2)cc1. The van der Waals surface area contributed by atoms with Crippen molar-refractivity contribution < 1.29 is 24.1 Å². The zero-order valence-corrected chi connectivity index (χ0v) is 18.2. The molecule has 1 heterocycles. The molecule has 3 aromatic rings. The van der Waals surface area contributed by atoms with Gasteiger partial charge in [0, 0.05) is 29.9 Å². The van der Waals surface area contributed by atoms with Gasteiger partial charge in [-0.15, -0.1) is 0 Å². The molecule has 0 bridgehead atoms. The fraction of sp³-hybridized carbons (Fsp3) is 0.296. The molecule has 1 aliphatic rings. The van der Waals surface area contributed by atoms with E-state index in [0.717, 1.165) is 22.6 Å². The number of aromatic hydroxyl groups is 1. The Labute approximate surface area is 188 Å². The van der Waals surface area contributed by atoms with Gasteiger partial charge in [0.05, 0.1) is 19.8 Å². The van der Waals surface area contributed by atoms with Gasteiger partial charge in [-0.2, -0.15) is 0 Å². The van der Waals surface area contributed by atoms with Crippen molar-refractivity contribution in [3.05, 3.63) is 89.5 Å². The van der Waals surface area contributed by atoms with Crippen molar-refractivity contribution in [2.75, 3.05) is 19.8 Å². The molecular weight excluding hydrogens is 404 g/mol. The van der Waals surface area contributed by atoms with Gasteiger partial charge in [-0.3, -0.25) is 4.79 Å². The van der Waals surface area contributed by atoms with Gasteiger partial charge in [0.15, 0.2) is 0 Å². The van der Waals surface area contributed by atoms with Crippen molar-refractivity contribution >= 4 is 5.97 Å². The first-order valence-corrected chi connectivity index (χ1v) is 11.0. The smallest absolute Gasteiger partial charge is 0.305 e. The van der Waals surface area contributed by atoms with Crippen LogP contribution in [-0.2, 0) is 9.53 Å². The third-order valence-corrected chi connectivity index (χ3v) is 5.72. The summed E-state index contributed by atoms with van der Waals surface area (Å²) in [4.78, 5) is 11.4. The number of carbonyl (C=O) groups excluding carboxylic acids is 1. The van der Waals surface area contributed by atoms with Crippen LogP contribution in [0.2, 0.25) is 0 Å². The Kier molecular flexibility index (Phi) is 6.95. The van der Waals surface area contributed by atoms with Crippen LogP contribution in [0.4, 0.5) is 0 Å². The summed E-state index contributed by atoms with van der Waals surface area (Å²) in [5.41, 5.74) is 3.44. The molecule has 5 nitrogen and oxygen atoms in total. The topological polar surface area (TPSA) is 65.0 Å². The molecule has 0 saturated heterocycles. The van der Waals surface area contributed by atoms with Crippen LogP contribution >= 0.6 is 0 Å². The molecule has 1 aliphatic heterocycles. The summed E-state index contributed by atoms with van der Waals surface area (Å²) in [5, 5.41) is 9.91. The number of phenols is 1. The molecular formula is C27H28O5. The van der Waals surface area contributed by atoms with Crippen LogP contribution in [0.5, 0.6) is 17.2 Å². The highest BCUT2D eigenvalue weighted by molar-refractivity contribution is 5.69. The summed E-state index contributed by atoms with van der Waals surface area (Å²) in [6.45, 7) is 3.21. The van der Waals surface area contributed by atoms with Crippen LogP contribution in [0.25, 0.3) is 0 Å². The van der Waals surface area contributed by atoms with Crippen LogP contribution in [-0.4, -0.2) is 30.9 Å². The lowest BCUT2D eigenvalue weighted by molar-refractivity contribution is -0.143. The molecule has 0 aliphatic carbocycles. The third-order valence-electron chi connectivity index (χ3n) is 5.72. The fourth-order valence-corrected chi connectivity index (χ4v) is 4.21. The minimum Gasteiger partial charge on any atom is -0.508 e. The van der Waals surface area contributed by atoms with Crippen LogP contribution in [0.1, 0.15) is 48.3 Å². The number of esters is 1. The minimum absolute atomic E-state index is 0.0969. The summed E-state index contributed by atoms with van der Waals surface area (Å²) in [7, 11) is 0. The van der Waals surface area contributed by atoms with E-state index >= 15 is 0 Å². The van der Waals surface area contributed by atoms with Gasteiger partial charge in [0.25, 0.3) is 0 Å². The molecule has 0 radical (unpaired) electrons. The molecule has 0 fully saturated rings. The number of fused-ring (bicyclic) bond motifs is 1. The van der Waals surface area contributed by atoms with Crippen molar-refractivity contribution in [3.8, 4) is 17.2 Å². The lowest BCUT2D eigenvalue weighted by Crippen LogP contribution is -2.25. The maximum Gasteiger partial charge on any atom is 0.305 e. The second-order valence-electron chi connectivity index (χ2n) is 7.85. The molecule has 0 amide bonds. The normalized spacial score (nSPS) is 17.2. The average Bonchev–Trinajstić information content (AvgIpc) is 2.82. The van der Waals surface area contributed by atoms with Gasteiger partial charge < -0.3 is 19.3 Å². The van der Waals surface area contributed by atoms with Crippen LogP contribution in [0, 0.1) is 0 Å². The molecule has 4 rings (SSSR count). The first-order valence-electron chi connectivity index (χ1n) is 11.0. The summed E-state index contributed by atoms with van der Waals surface area (Å²) in [6, 6.07) is 23.8. The summed E-state index contributed by atoms with van der Waals surface area (Å²) in [5.74, 6) is 1.76. The number of ether oxygens (including phenoxy) is 3. The Hall–Kier alpha value is -3.47. The zero-order valence-electron chi connectivity index (χ0n) is 18.2. The molecule has 1 N–H and O–H groups in total. The number of carbonyl (C=O) groups is 1. The maximum absolute atomic E-state index is 11.4. The molecule has 3 aromatic carbocycles. The minimum atomic E-state index is -0.192. The summed E-state index contributed by atoms with van der Waals surface area (Å²) in [6.07, 6.45) is 0.976. The molecule has 2 unspecified atom stereocenters. The maximum atomic E-state index is 11.4. The van der Waals surface area contributed by atoms with Crippen LogP contribution in [0.3, 0.4) is 0 Å². The Bertz CT molecular complexity index is 1030. The Balaban J connectivity index is 1.52. The second-order valence-corrected chi connectivity index (χ2v) is 7.85. The lowest BCUT2D eigenvalue weighted by Gasteiger charge is -2.34. The van der Waals surface area contributed by atoms with Crippen molar-refractivity contribution in [1.29, 1.82) is 0 Å². The Morgan fingerprint density at radius 3 is 2.56 bits per heavy atom. The zero-order chi connectivity index (χ0) is 22.3. The van der Waals surface area contributed by atoms with Gasteiger partial charge in [0.1, 0.15) is 17.2 Å². The Morgan fingerprint density at radius 1 is 1.03 bits per heavy atom. The van der Waals surface area contributed by atoms with E-state index in [1.54, 1.807) is 19.1 Å². The van der Waals surface area contributed by atoms with Crippen molar-refractivity contribution in [3.63, 3.8) is 0 Å². The number of hydrogen-bond acceptors (Lipinski definition) is 5. The van der Waals surface area contributed by atoms with E-state index in [-0.39, 0.29) is 23.6 Å². The van der Waals surface area contributed by atoms with E-state index in [0.29, 0.717) is 32.7 Å². The molecule has 0 saturated carbocycles. The van der Waals surface area contributed by atoms with Crippen molar-refractivity contribution in [1.82, 2.24) is 0 Å². The average molecular weight is 433 g/mol. The molecule has 0 aromatic heterocycles. The van der Waals surface area contributed by atoms with Crippen LogP contribution < -0.4 is 9.47 Å². The highest BCUT2D eigenvalue weighted by Crippen LogP contribution is 2.47. The molecule has 32 heavy (non-hydrogen) atoms. The number of phenolic OH excluding ortho intramolecular Hbond substituents is 1. The monoisotopic (exact) mass is 432 g/mol. The van der Waals surface area contributed by atoms with Gasteiger partial charge in [-0.25, -0.2) is 0 Å². The first kappa shape index (κ1) is 21.8. The van der Waals surface area contributed by atoms with E-state index in [1.807, 2.05) is 36.4 Å². The molecule has 5 heteroatoms. The number of benzene rings is 3. The van der Waals surface area contributed by atoms with E-state index in [1.165, 1.54) is 5.56 Å². The highest BCUT2D eigenvalue weighted by atomic mass is 16.5. The second kappa shape index (κ2) is 10.2. The lowest BCUT2D eigenvalue weighted by atomic mass is 9.76. The van der Waals surface area contributed by atoms with E-state index in [4.69, 9.17) is 14.2 Å². The number of hydrogen-bond donors (Lipinski definition) is 1. The fourth-order valence-electron chi connectivity index (χ4n) is 4.21. The quantitative estimate of drug-likeness (QED) is 0.380. The van der Waals surface area contributed by atoms with E-state index in [2.05, 4.69) is 24.3 Å². The summed E-state index contributed by atoms with van der Waals surface area (Å²) < 4.78 is 16.8. The largest absolute Gasteiger partial charge is 0.508 e. The van der Waals surface area contributed by atoms with Crippen LogP contribution in [0.15, 0.2) is 72.8 Å². The number of rotatable bonds is 8. The van der Waals surface area contributed by atoms with Gasteiger partial charge in [-0.05, 0) is 42.7 Å². The molecule has 166 valence electrons. The van der Waals surface area contributed by atoms with Crippen molar-refractivity contribution in [2.45, 2.75) is 31.6 Å². The van der Waals surface area contributed by atoms with Gasteiger partial charge in [-0.1, -0.05) is 48.5 Å². The van der Waals surface area contributed by atoms with E-state index < -0.39 is 0 Å². The van der Waals surface area contributed by atoms with Gasteiger partial charge >= 0.3 is 5.97 Å². The van der Waals surface area contributed by atoms with Crippen molar-refractivity contribution in [2.24, 2.45) is 0 Å². The predicted molar refractivity (Wildman–Crippen MR) is 122 cm³/mol. The third kappa shape index (κ3) is 5.05. The molecule has 2 atom stereocenters. The molecule has 0 spiro atoms. The standard InChI is InChI=1S/C27H28O5/c1-2-30-26(29)9-6-16-31-22-13-10-20(11-14-22)27-23-15-12-21(28)17-25(23)32-18-24(27)19-7-4-3-5-8-19/h3-5,7-8,10-15,17,24,27-28H,2,6,9,16,18H2,1H3. The highest BCUT2D eigenvalue weighted by Gasteiger charge is 2.33. The van der Waals surface area contributed by atoms with E-state index in [9.17, 15) is 9.90 Å². The summed E-state index contributed by atoms with van der Waals surface area (Å²) >= 11 is 0. The van der Waals surface area contributed by atoms with Gasteiger partial charge in [0.2, 0.25) is 0 Å².